The summed E-state index contributed by atoms with van der Waals surface area (Å²) in [4.78, 5) is 0. The Labute approximate surface area is 149 Å². The molecule has 146 valence electrons. The van der Waals surface area contributed by atoms with Gasteiger partial charge in [-0.15, -0.1) is 11.3 Å². The number of hydrogen-bond donors (Lipinski definition) is 1. The number of thiophene rings is 1. The molecule has 0 saturated heterocycles. The molecule has 0 saturated carbocycles. The predicted octanol–water partition coefficient (Wildman–Crippen LogP) is 3.48. The summed E-state index contributed by atoms with van der Waals surface area (Å²) >= 11 is 0.927. The number of hydrogen-bond acceptors (Lipinski definition) is 4. The second-order valence-corrected chi connectivity index (χ2v) is 8.65. The highest BCUT2D eigenvalue weighted by atomic mass is 32.2. The number of alkyl halides is 6. The Morgan fingerprint density at radius 2 is 1.77 bits per heavy atom. The molecule has 0 amide bonds. The first-order valence-corrected chi connectivity index (χ1v) is 9.31. The van der Waals surface area contributed by atoms with Gasteiger partial charge in [0.25, 0.3) is 15.6 Å². The molecule has 1 aromatic rings. The van der Waals surface area contributed by atoms with Crippen LogP contribution in [-0.2, 0) is 10.0 Å². The number of halogens is 6. The predicted molar refractivity (Wildman–Crippen MR) is 82.0 cm³/mol. The van der Waals surface area contributed by atoms with Crippen LogP contribution in [0.25, 0.3) is 0 Å². The molecule has 0 aliphatic heterocycles. The Morgan fingerprint density at radius 1 is 1.19 bits per heavy atom. The quantitative estimate of drug-likeness (QED) is 0.758. The SMILES string of the molecule is CN(C1C=CC(C(O)(C(F)(F)F)C(F)(F)F)=CC1)S(=O)(=O)c1cccs1. The summed E-state index contributed by atoms with van der Waals surface area (Å²) in [6, 6.07) is 1.83. The highest BCUT2D eigenvalue weighted by molar-refractivity contribution is 7.91. The van der Waals surface area contributed by atoms with Crippen molar-refractivity contribution in [3.05, 3.63) is 41.3 Å². The second kappa shape index (κ2) is 6.66. The lowest BCUT2D eigenvalue weighted by Gasteiger charge is -2.35. The van der Waals surface area contributed by atoms with Gasteiger partial charge in [-0.2, -0.15) is 30.6 Å². The third-order valence-electron chi connectivity index (χ3n) is 3.91. The van der Waals surface area contributed by atoms with Crippen LogP contribution in [0.15, 0.2) is 45.5 Å². The minimum Gasteiger partial charge on any atom is -0.370 e. The molecule has 1 aliphatic carbocycles. The highest BCUT2D eigenvalue weighted by Gasteiger charge is 2.71. The first-order chi connectivity index (χ1) is 11.7. The zero-order valence-corrected chi connectivity index (χ0v) is 14.7. The van der Waals surface area contributed by atoms with E-state index in [-0.39, 0.29) is 4.21 Å². The third-order valence-corrected chi connectivity index (χ3v) is 7.17. The van der Waals surface area contributed by atoms with Crippen molar-refractivity contribution in [2.45, 2.75) is 34.6 Å². The smallest absolute Gasteiger partial charge is 0.370 e. The number of likely N-dealkylation sites (N-methyl/N-ethyl adjacent to an activating group) is 1. The monoisotopic (exact) mass is 421 g/mol. The van der Waals surface area contributed by atoms with Crippen LogP contribution < -0.4 is 0 Å². The molecule has 4 nitrogen and oxygen atoms in total. The van der Waals surface area contributed by atoms with Crippen LogP contribution in [-0.4, -0.2) is 48.9 Å². The fraction of sp³-hybridized carbons (Fsp3) is 0.429. The van der Waals surface area contributed by atoms with Crippen molar-refractivity contribution < 1.29 is 39.9 Å². The standard InChI is InChI=1S/C14H13F6NO3S2/c1-21(26(23,24)11-3-2-8-25-11)10-6-4-9(5-7-10)12(22,13(15,16)17)14(18,19)20/h2-6,8,10,22H,7H2,1H3. The Bertz CT molecular complexity index is 795. The summed E-state index contributed by atoms with van der Waals surface area (Å²) < 4.78 is 103. The Morgan fingerprint density at radius 3 is 2.15 bits per heavy atom. The van der Waals surface area contributed by atoms with Gasteiger partial charge < -0.3 is 5.11 Å². The van der Waals surface area contributed by atoms with E-state index >= 15 is 0 Å². The van der Waals surface area contributed by atoms with E-state index in [0.29, 0.717) is 12.2 Å². The van der Waals surface area contributed by atoms with E-state index in [1.54, 1.807) is 0 Å². The Kier molecular flexibility index (Phi) is 5.36. The average Bonchev–Trinajstić information content (AvgIpc) is 3.06. The number of nitrogens with zero attached hydrogens (tertiary/aromatic N) is 1. The van der Waals surface area contributed by atoms with Crippen molar-refractivity contribution in [2.75, 3.05) is 7.05 Å². The minimum atomic E-state index is -5.98. The summed E-state index contributed by atoms with van der Waals surface area (Å²) in [6.07, 6.45) is -10.5. The second-order valence-electron chi connectivity index (χ2n) is 5.48. The van der Waals surface area contributed by atoms with Gasteiger partial charge in [0.05, 0.1) is 0 Å². The summed E-state index contributed by atoms with van der Waals surface area (Å²) in [5.41, 5.74) is -6.41. The zero-order valence-electron chi connectivity index (χ0n) is 13.0. The van der Waals surface area contributed by atoms with Crippen molar-refractivity contribution in [3.63, 3.8) is 0 Å². The van der Waals surface area contributed by atoms with Crippen molar-refractivity contribution in [1.82, 2.24) is 4.31 Å². The normalized spacial score (nSPS) is 19.7. The molecule has 0 radical (unpaired) electrons. The van der Waals surface area contributed by atoms with E-state index in [2.05, 4.69) is 0 Å². The summed E-state index contributed by atoms with van der Waals surface area (Å²) in [6.45, 7) is 0. The van der Waals surface area contributed by atoms with Gasteiger partial charge >= 0.3 is 12.4 Å². The molecule has 26 heavy (non-hydrogen) atoms. The fourth-order valence-corrected chi connectivity index (χ4v) is 4.87. The lowest BCUT2D eigenvalue weighted by molar-refractivity contribution is -0.351. The Hall–Kier alpha value is -1.37. The first kappa shape index (κ1) is 20.9. The van der Waals surface area contributed by atoms with Gasteiger partial charge in [0.2, 0.25) is 0 Å². The van der Waals surface area contributed by atoms with Crippen LogP contribution in [0.2, 0.25) is 0 Å². The summed E-state index contributed by atoms with van der Waals surface area (Å²) in [5.74, 6) is 0. The lowest BCUT2D eigenvalue weighted by atomic mass is 9.87. The molecule has 1 atom stereocenters. The van der Waals surface area contributed by atoms with E-state index < -0.39 is 46.0 Å². The number of sulfonamides is 1. The van der Waals surface area contributed by atoms with E-state index in [1.165, 1.54) is 24.6 Å². The molecule has 1 aromatic heterocycles. The van der Waals surface area contributed by atoms with Crippen molar-refractivity contribution >= 4 is 21.4 Å². The molecule has 0 fully saturated rings. The van der Waals surface area contributed by atoms with Crippen LogP contribution in [0.5, 0.6) is 0 Å². The van der Waals surface area contributed by atoms with E-state index in [0.717, 1.165) is 21.7 Å². The van der Waals surface area contributed by atoms with Gasteiger partial charge in [-0.3, -0.25) is 0 Å². The maximum absolute atomic E-state index is 12.9. The third kappa shape index (κ3) is 3.42. The molecule has 1 N–H and O–H groups in total. The molecular weight excluding hydrogens is 408 g/mol. The zero-order chi connectivity index (χ0) is 20.0. The van der Waals surface area contributed by atoms with E-state index in [9.17, 15) is 39.9 Å². The van der Waals surface area contributed by atoms with Crippen LogP contribution in [0.1, 0.15) is 6.42 Å². The minimum absolute atomic E-state index is 0.00901. The molecule has 0 aromatic carbocycles. The Balaban J connectivity index is 2.30. The van der Waals surface area contributed by atoms with Gasteiger partial charge in [0.15, 0.2) is 0 Å². The molecule has 0 bridgehead atoms. The van der Waals surface area contributed by atoms with E-state index in [4.69, 9.17) is 0 Å². The summed E-state index contributed by atoms with van der Waals surface area (Å²) in [5, 5.41) is 10.9. The average molecular weight is 421 g/mol. The highest BCUT2D eigenvalue weighted by Crippen LogP contribution is 2.48. The molecule has 1 heterocycles. The largest absolute Gasteiger partial charge is 0.430 e. The summed E-state index contributed by atoms with van der Waals surface area (Å²) in [7, 11) is -2.77. The van der Waals surface area contributed by atoms with Gasteiger partial charge in [-0.25, -0.2) is 8.42 Å². The molecule has 0 spiro atoms. The number of aliphatic hydroxyl groups is 1. The molecule has 12 heteroatoms. The maximum atomic E-state index is 12.9. The van der Waals surface area contributed by atoms with Gasteiger partial charge in [-0.1, -0.05) is 24.3 Å². The first-order valence-electron chi connectivity index (χ1n) is 6.99. The van der Waals surface area contributed by atoms with Gasteiger partial charge in [0, 0.05) is 13.1 Å². The fourth-order valence-electron chi connectivity index (χ4n) is 2.37. The van der Waals surface area contributed by atoms with Gasteiger partial charge in [-0.05, 0) is 23.4 Å². The van der Waals surface area contributed by atoms with Crippen LogP contribution >= 0.6 is 11.3 Å². The lowest BCUT2D eigenvalue weighted by Crippen LogP contribution is -2.58. The topological polar surface area (TPSA) is 57.6 Å². The number of rotatable bonds is 4. The van der Waals surface area contributed by atoms with Crippen molar-refractivity contribution in [1.29, 1.82) is 0 Å². The van der Waals surface area contributed by atoms with Gasteiger partial charge in [0.1, 0.15) is 4.21 Å². The van der Waals surface area contributed by atoms with Crippen molar-refractivity contribution in [3.8, 4) is 0 Å². The maximum Gasteiger partial charge on any atom is 0.430 e. The van der Waals surface area contributed by atoms with Crippen LogP contribution in [0.3, 0.4) is 0 Å². The van der Waals surface area contributed by atoms with Crippen LogP contribution in [0.4, 0.5) is 26.3 Å². The van der Waals surface area contributed by atoms with Crippen molar-refractivity contribution in [2.24, 2.45) is 0 Å². The molecule has 2 rings (SSSR count). The van der Waals surface area contributed by atoms with Crippen LogP contribution in [0, 0.1) is 0 Å². The molecule has 1 aliphatic rings. The molecule has 1 unspecified atom stereocenters. The molecular formula is C14H13F6NO3S2. The van der Waals surface area contributed by atoms with E-state index in [1.807, 2.05) is 0 Å².